The van der Waals surface area contributed by atoms with Crippen LogP contribution in [0, 0.1) is 0 Å². The second-order valence-electron chi connectivity index (χ2n) is 7.97. The van der Waals surface area contributed by atoms with Crippen molar-refractivity contribution >= 4 is 5.57 Å². The van der Waals surface area contributed by atoms with Gasteiger partial charge in [-0.05, 0) is 62.7 Å². The van der Waals surface area contributed by atoms with Gasteiger partial charge in [0.2, 0.25) is 0 Å². The van der Waals surface area contributed by atoms with Gasteiger partial charge in [-0.15, -0.1) is 0 Å². The van der Waals surface area contributed by atoms with Gasteiger partial charge in [-0.1, -0.05) is 39.2 Å². The third kappa shape index (κ3) is 6.27. The van der Waals surface area contributed by atoms with Crippen molar-refractivity contribution < 1.29 is 14.2 Å². The highest BCUT2D eigenvalue weighted by Crippen LogP contribution is 2.33. The molecule has 0 bridgehead atoms. The van der Waals surface area contributed by atoms with Crippen LogP contribution in [0.1, 0.15) is 83.1 Å². The largest absolute Gasteiger partial charge is 0.490 e. The topological polar surface area (TPSA) is 27.7 Å². The molecule has 2 saturated carbocycles. The Morgan fingerprint density at radius 3 is 2.26 bits per heavy atom. The summed E-state index contributed by atoms with van der Waals surface area (Å²) in [5, 5.41) is 0. The molecule has 0 saturated heterocycles. The van der Waals surface area contributed by atoms with E-state index in [1.54, 1.807) is 0 Å². The highest BCUT2D eigenvalue weighted by atomic mass is 16.5. The van der Waals surface area contributed by atoms with E-state index in [9.17, 15) is 0 Å². The molecule has 2 aliphatic rings. The molecule has 0 N–H and O–H groups in total. The Balaban J connectivity index is 1.57. The first-order valence-corrected chi connectivity index (χ1v) is 11.0. The van der Waals surface area contributed by atoms with Crippen molar-refractivity contribution in [2.24, 2.45) is 0 Å². The van der Waals surface area contributed by atoms with Crippen molar-refractivity contribution in [3.8, 4) is 11.5 Å². The number of hydrogen-bond donors (Lipinski definition) is 0. The number of rotatable bonds is 9. The molecular formula is C24H36O3. The molecule has 150 valence electrons. The SMILES string of the molecule is C=C(CC)c1ccc(OC2CCCCC2)cc1OCCOC1CCCCC1. The van der Waals surface area contributed by atoms with E-state index in [4.69, 9.17) is 14.2 Å². The van der Waals surface area contributed by atoms with Crippen molar-refractivity contribution in [1.82, 2.24) is 0 Å². The molecule has 1 aromatic rings. The first-order valence-electron chi connectivity index (χ1n) is 11.0. The quantitative estimate of drug-likeness (QED) is 0.460. The molecule has 1 aromatic carbocycles. The number of hydrogen-bond acceptors (Lipinski definition) is 3. The van der Waals surface area contributed by atoms with Crippen LogP contribution in [0.3, 0.4) is 0 Å². The monoisotopic (exact) mass is 372 g/mol. The number of ether oxygens (including phenoxy) is 3. The molecule has 0 atom stereocenters. The Hall–Kier alpha value is -1.48. The van der Waals surface area contributed by atoms with Crippen LogP contribution in [-0.2, 0) is 4.74 Å². The average molecular weight is 373 g/mol. The van der Waals surface area contributed by atoms with Crippen LogP contribution < -0.4 is 9.47 Å². The van der Waals surface area contributed by atoms with Gasteiger partial charge in [-0.25, -0.2) is 0 Å². The summed E-state index contributed by atoms with van der Waals surface area (Å²) in [5.74, 6) is 1.79. The van der Waals surface area contributed by atoms with Crippen molar-refractivity contribution in [2.45, 2.75) is 89.8 Å². The molecule has 3 rings (SSSR count). The molecule has 3 heteroatoms. The lowest BCUT2D eigenvalue weighted by atomic mass is 9.97. The third-order valence-electron chi connectivity index (χ3n) is 5.86. The van der Waals surface area contributed by atoms with Crippen molar-refractivity contribution in [3.63, 3.8) is 0 Å². The molecule has 3 nitrogen and oxygen atoms in total. The highest BCUT2D eigenvalue weighted by Gasteiger charge is 2.17. The van der Waals surface area contributed by atoms with E-state index in [1.807, 2.05) is 6.07 Å². The maximum atomic E-state index is 6.22. The Morgan fingerprint density at radius 2 is 1.59 bits per heavy atom. The third-order valence-corrected chi connectivity index (χ3v) is 5.86. The summed E-state index contributed by atoms with van der Waals surface area (Å²) in [6, 6.07) is 6.21. The minimum atomic E-state index is 0.349. The van der Waals surface area contributed by atoms with Gasteiger partial charge in [0.25, 0.3) is 0 Å². The summed E-state index contributed by atoms with van der Waals surface area (Å²) < 4.78 is 18.3. The Kier molecular flexibility index (Phi) is 8.07. The van der Waals surface area contributed by atoms with Crippen molar-refractivity contribution in [3.05, 3.63) is 30.3 Å². The lowest BCUT2D eigenvalue weighted by Gasteiger charge is -2.24. The fourth-order valence-corrected chi connectivity index (χ4v) is 4.15. The maximum Gasteiger partial charge on any atom is 0.130 e. The molecule has 0 radical (unpaired) electrons. The zero-order valence-electron chi connectivity index (χ0n) is 17.0. The molecule has 0 aliphatic heterocycles. The van der Waals surface area contributed by atoms with E-state index in [0.29, 0.717) is 25.4 Å². The van der Waals surface area contributed by atoms with Crippen molar-refractivity contribution in [1.29, 1.82) is 0 Å². The molecule has 0 heterocycles. The molecule has 2 aliphatic carbocycles. The zero-order chi connectivity index (χ0) is 18.9. The lowest BCUT2D eigenvalue weighted by Crippen LogP contribution is -2.20. The fraction of sp³-hybridized carbons (Fsp3) is 0.667. The zero-order valence-corrected chi connectivity index (χ0v) is 17.0. The summed E-state index contributed by atoms with van der Waals surface area (Å²) in [4.78, 5) is 0. The summed E-state index contributed by atoms with van der Waals surface area (Å²) in [5.41, 5.74) is 2.19. The van der Waals surface area contributed by atoms with Crippen LogP contribution in [0.25, 0.3) is 5.57 Å². The Morgan fingerprint density at radius 1 is 0.926 bits per heavy atom. The summed E-state index contributed by atoms with van der Waals surface area (Å²) in [6.45, 7) is 7.55. The van der Waals surface area contributed by atoms with Gasteiger partial charge in [0.05, 0.1) is 18.8 Å². The summed E-state index contributed by atoms with van der Waals surface area (Å²) in [7, 11) is 0. The van der Waals surface area contributed by atoms with E-state index in [-0.39, 0.29) is 0 Å². The van der Waals surface area contributed by atoms with Crippen LogP contribution in [0.15, 0.2) is 24.8 Å². The standard InChI is InChI=1S/C24H36O3/c1-3-19(2)23-15-14-22(27-21-12-8-5-9-13-21)18-24(23)26-17-16-25-20-10-6-4-7-11-20/h14-15,18,20-21H,2-13,16-17H2,1H3. The van der Waals surface area contributed by atoms with Crippen molar-refractivity contribution in [2.75, 3.05) is 13.2 Å². The van der Waals surface area contributed by atoms with E-state index < -0.39 is 0 Å². The molecule has 0 aromatic heterocycles. The van der Waals surface area contributed by atoms with Crippen LogP contribution in [0.4, 0.5) is 0 Å². The molecule has 2 fully saturated rings. The Bertz CT molecular complexity index is 583. The minimum Gasteiger partial charge on any atom is -0.490 e. The van der Waals surface area contributed by atoms with Gasteiger partial charge < -0.3 is 14.2 Å². The van der Waals surface area contributed by atoms with Crippen LogP contribution in [0.5, 0.6) is 11.5 Å². The minimum absolute atomic E-state index is 0.349. The highest BCUT2D eigenvalue weighted by molar-refractivity contribution is 5.69. The van der Waals surface area contributed by atoms with Gasteiger partial charge in [-0.3, -0.25) is 0 Å². The predicted molar refractivity (Wildman–Crippen MR) is 112 cm³/mol. The normalized spacial score (nSPS) is 19.0. The first-order chi connectivity index (χ1) is 13.3. The average Bonchev–Trinajstić information content (AvgIpc) is 2.72. The second kappa shape index (κ2) is 10.8. The lowest BCUT2D eigenvalue weighted by molar-refractivity contribution is 0.0128. The van der Waals surface area contributed by atoms with E-state index in [0.717, 1.165) is 41.9 Å². The maximum absolute atomic E-state index is 6.22. The number of allylic oxidation sites excluding steroid dienone is 1. The van der Waals surface area contributed by atoms with Crippen LogP contribution in [0.2, 0.25) is 0 Å². The molecule has 27 heavy (non-hydrogen) atoms. The second-order valence-corrected chi connectivity index (χ2v) is 7.97. The summed E-state index contributed by atoms with van der Waals surface area (Å²) in [6.07, 6.45) is 14.2. The number of benzene rings is 1. The van der Waals surface area contributed by atoms with E-state index >= 15 is 0 Å². The smallest absolute Gasteiger partial charge is 0.130 e. The molecule has 0 unspecified atom stereocenters. The molecule has 0 spiro atoms. The first kappa shape index (κ1) is 20.3. The molecular weight excluding hydrogens is 336 g/mol. The van der Waals surface area contributed by atoms with Gasteiger partial charge >= 0.3 is 0 Å². The van der Waals surface area contributed by atoms with Gasteiger partial charge in [-0.2, -0.15) is 0 Å². The van der Waals surface area contributed by atoms with Gasteiger partial charge in [0.1, 0.15) is 18.1 Å². The van der Waals surface area contributed by atoms with Gasteiger partial charge in [0, 0.05) is 11.6 Å². The van der Waals surface area contributed by atoms with E-state index in [2.05, 4.69) is 25.6 Å². The molecule has 0 amide bonds. The van der Waals surface area contributed by atoms with Crippen LogP contribution >= 0.6 is 0 Å². The van der Waals surface area contributed by atoms with E-state index in [1.165, 1.54) is 51.4 Å². The van der Waals surface area contributed by atoms with Gasteiger partial charge in [0.15, 0.2) is 0 Å². The summed E-state index contributed by atoms with van der Waals surface area (Å²) >= 11 is 0. The predicted octanol–water partition coefficient (Wildman–Crippen LogP) is 6.55. The fourth-order valence-electron chi connectivity index (χ4n) is 4.15. The Labute approximate surface area is 165 Å². The van der Waals surface area contributed by atoms with Crippen LogP contribution in [-0.4, -0.2) is 25.4 Å².